The van der Waals surface area contributed by atoms with Gasteiger partial charge in [-0.1, -0.05) is 17.4 Å². The molecule has 0 saturated heterocycles. The summed E-state index contributed by atoms with van der Waals surface area (Å²) in [4.78, 5) is 19.9. The quantitative estimate of drug-likeness (QED) is 0.734. The number of aryl methyl sites for hydroxylation is 2. The number of hydrogen-bond donors (Lipinski definition) is 1. The Balaban J connectivity index is 1.89. The third-order valence-corrected chi connectivity index (χ3v) is 3.96. The summed E-state index contributed by atoms with van der Waals surface area (Å²) < 4.78 is 13.8. The van der Waals surface area contributed by atoms with Gasteiger partial charge in [0.05, 0.1) is 15.8 Å². The smallest absolute Gasteiger partial charge is 0.259 e. The average Bonchev–Trinajstić information content (AvgIpc) is 2.82. The second kappa shape index (κ2) is 5.21. The summed E-state index contributed by atoms with van der Waals surface area (Å²) in [7, 11) is 0. The van der Waals surface area contributed by atoms with E-state index in [0.29, 0.717) is 10.7 Å². The summed E-state index contributed by atoms with van der Waals surface area (Å²) in [5.41, 5.74) is 3.41. The average molecular weight is 301 g/mol. The van der Waals surface area contributed by atoms with Crippen molar-refractivity contribution in [3.05, 3.63) is 53.1 Å². The van der Waals surface area contributed by atoms with Crippen LogP contribution in [0.1, 0.15) is 21.5 Å². The van der Waals surface area contributed by atoms with Crippen molar-refractivity contribution in [2.75, 3.05) is 5.32 Å². The number of halogens is 1. The van der Waals surface area contributed by atoms with E-state index >= 15 is 0 Å². The lowest BCUT2D eigenvalue weighted by Gasteiger charge is -2.00. The van der Waals surface area contributed by atoms with Crippen LogP contribution in [0, 0.1) is 19.8 Å². The molecule has 0 spiro atoms. The third-order valence-electron chi connectivity index (χ3n) is 3.04. The number of aromatic nitrogens is 2. The fraction of sp³-hybridized carbons (Fsp3) is 0.133. The Bertz CT molecular complexity index is 827. The van der Waals surface area contributed by atoms with Crippen LogP contribution in [-0.4, -0.2) is 15.9 Å². The van der Waals surface area contributed by atoms with Gasteiger partial charge in [-0.25, -0.2) is 9.97 Å². The van der Waals surface area contributed by atoms with E-state index in [9.17, 15) is 9.18 Å². The lowest BCUT2D eigenvalue weighted by atomic mass is 10.1. The number of benzene rings is 1. The largest absolute Gasteiger partial charge is 0.298 e. The van der Waals surface area contributed by atoms with Crippen LogP contribution < -0.4 is 5.32 Å². The number of nitrogens with one attached hydrogen (secondary N) is 1. The SMILES string of the molecule is Cc1cc(C)c2nc(NC(=O)c3ccc(F)nc3)sc2c1. The van der Waals surface area contributed by atoms with Gasteiger partial charge < -0.3 is 0 Å². The molecule has 0 saturated carbocycles. The highest BCUT2D eigenvalue weighted by atomic mass is 32.1. The molecule has 106 valence electrons. The Morgan fingerprint density at radius 2 is 2.10 bits per heavy atom. The summed E-state index contributed by atoms with van der Waals surface area (Å²) >= 11 is 1.41. The van der Waals surface area contributed by atoms with E-state index in [2.05, 4.69) is 21.4 Å². The fourth-order valence-electron chi connectivity index (χ4n) is 2.10. The summed E-state index contributed by atoms with van der Waals surface area (Å²) in [5.74, 6) is -0.964. The number of carbonyl (C=O) groups excluding carboxylic acids is 1. The molecular formula is C15H12FN3OS. The summed E-state index contributed by atoms with van der Waals surface area (Å²) in [6.07, 6.45) is 1.20. The summed E-state index contributed by atoms with van der Waals surface area (Å²) in [6, 6.07) is 6.63. The predicted octanol–water partition coefficient (Wildman–Crippen LogP) is 3.70. The van der Waals surface area contributed by atoms with Gasteiger partial charge in [-0.3, -0.25) is 10.1 Å². The van der Waals surface area contributed by atoms with Crippen molar-refractivity contribution in [3.8, 4) is 0 Å². The van der Waals surface area contributed by atoms with Crippen molar-refractivity contribution < 1.29 is 9.18 Å². The number of amides is 1. The summed E-state index contributed by atoms with van der Waals surface area (Å²) in [5, 5.41) is 3.24. The summed E-state index contributed by atoms with van der Waals surface area (Å²) in [6.45, 7) is 4.01. The normalized spacial score (nSPS) is 10.8. The van der Waals surface area contributed by atoms with Crippen LogP contribution in [0.2, 0.25) is 0 Å². The van der Waals surface area contributed by atoms with Crippen LogP contribution in [0.15, 0.2) is 30.5 Å². The van der Waals surface area contributed by atoms with Crippen LogP contribution in [0.3, 0.4) is 0 Å². The second-order valence-electron chi connectivity index (χ2n) is 4.77. The van der Waals surface area contributed by atoms with E-state index in [1.165, 1.54) is 23.6 Å². The minimum absolute atomic E-state index is 0.295. The molecule has 3 aromatic rings. The Morgan fingerprint density at radius 1 is 1.29 bits per heavy atom. The topological polar surface area (TPSA) is 54.9 Å². The predicted molar refractivity (Wildman–Crippen MR) is 81.2 cm³/mol. The Hall–Kier alpha value is -2.34. The van der Waals surface area contributed by atoms with E-state index in [1.54, 1.807) is 0 Å². The second-order valence-corrected chi connectivity index (χ2v) is 5.80. The standard InChI is InChI=1S/C15H12FN3OS/c1-8-5-9(2)13-11(6-8)21-15(18-13)19-14(20)10-3-4-12(16)17-7-10/h3-7H,1-2H3,(H,18,19,20). The van der Waals surface area contributed by atoms with Crippen molar-refractivity contribution >= 4 is 32.6 Å². The molecule has 21 heavy (non-hydrogen) atoms. The number of fused-ring (bicyclic) bond motifs is 1. The molecule has 2 heterocycles. The first-order valence-electron chi connectivity index (χ1n) is 6.33. The van der Waals surface area contributed by atoms with Crippen LogP contribution in [0.5, 0.6) is 0 Å². The third kappa shape index (κ3) is 2.75. The highest BCUT2D eigenvalue weighted by Crippen LogP contribution is 2.29. The van der Waals surface area contributed by atoms with Crippen molar-refractivity contribution in [2.45, 2.75) is 13.8 Å². The zero-order chi connectivity index (χ0) is 15.0. The number of thiazole rings is 1. The molecule has 0 unspecified atom stereocenters. The minimum atomic E-state index is -0.613. The first kappa shape index (κ1) is 13.6. The van der Waals surface area contributed by atoms with Crippen LogP contribution in [-0.2, 0) is 0 Å². The molecule has 0 aliphatic carbocycles. The molecule has 1 amide bonds. The van der Waals surface area contributed by atoms with E-state index in [4.69, 9.17) is 0 Å². The molecule has 3 rings (SSSR count). The Morgan fingerprint density at radius 3 is 2.81 bits per heavy atom. The fourth-order valence-corrected chi connectivity index (χ4v) is 3.14. The molecular weight excluding hydrogens is 289 g/mol. The van der Waals surface area contributed by atoms with Crippen molar-refractivity contribution in [2.24, 2.45) is 0 Å². The van der Waals surface area contributed by atoms with Gasteiger partial charge >= 0.3 is 0 Å². The number of anilines is 1. The Kier molecular flexibility index (Phi) is 3.39. The highest BCUT2D eigenvalue weighted by molar-refractivity contribution is 7.22. The number of carbonyl (C=O) groups is 1. The van der Waals surface area contributed by atoms with E-state index < -0.39 is 5.95 Å². The van der Waals surface area contributed by atoms with Gasteiger partial charge in [-0.2, -0.15) is 4.39 Å². The molecule has 6 heteroatoms. The molecule has 0 fully saturated rings. The van der Waals surface area contributed by atoms with Gasteiger partial charge in [0.25, 0.3) is 5.91 Å². The monoisotopic (exact) mass is 301 g/mol. The van der Waals surface area contributed by atoms with Crippen LogP contribution in [0.25, 0.3) is 10.2 Å². The molecule has 4 nitrogen and oxygen atoms in total. The zero-order valence-corrected chi connectivity index (χ0v) is 12.3. The molecule has 0 aliphatic rings. The highest BCUT2D eigenvalue weighted by Gasteiger charge is 2.11. The maximum absolute atomic E-state index is 12.7. The number of pyridine rings is 1. The molecule has 0 bridgehead atoms. The van der Waals surface area contributed by atoms with Gasteiger partial charge in [0.15, 0.2) is 5.13 Å². The lowest BCUT2D eigenvalue weighted by Crippen LogP contribution is -2.12. The zero-order valence-electron chi connectivity index (χ0n) is 11.5. The van der Waals surface area contributed by atoms with E-state index in [1.807, 2.05) is 19.9 Å². The molecule has 0 radical (unpaired) electrons. The number of nitrogens with zero attached hydrogens (tertiary/aromatic N) is 2. The molecule has 1 N–H and O–H groups in total. The van der Waals surface area contributed by atoms with Crippen molar-refractivity contribution in [1.82, 2.24) is 9.97 Å². The van der Waals surface area contributed by atoms with Crippen LogP contribution in [0.4, 0.5) is 9.52 Å². The van der Waals surface area contributed by atoms with Crippen molar-refractivity contribution in [1.29, 1.82) is 0 Å². The first-order valence-corrected chi connectivity index (χ1v) is 7.15. The molecule has 1 aromatic carbocycles. The van der Waals surface area contributed by atoms with Gasteiger partial charge in [0.2, 0.25) is 5.95 Å². The maximum atomic E-state index is 12.7. The van der Waals surface area contributed by atoms with Crippen LogP contribution >= 0.6 is 11.3 Å². The van der Waals surface area contributed by atoms with Gasteiger partial charge in [-0.15, -0.1) is 0 Å². The molecule has 2 aromatic heterocycles. The Labute approximate surface area is 124 Å². The van der Waals surface area contributed by atoms with Crippen molar-refractivity contribution in [3.63, 3.8) is 0 Å². The number of hydrogen-bond acceptors (Lipinski definition) is 4. The lowest BCUT2D eigenvalue weighted by molar-refractivity contribution is 0.102. The maximum Gasteiger partial charge on any atom is 0.259 e. The van der Waals surface area contributed by atoms with Gasteiger partial charge in [-0.05, 0) is 43.2 Å². The molecule has 0 aliphatic heterocycles. The molecule has 0 atom stereocenters. The van der Waals surface area contributed by atoms with Gasteiger partial charge in [0, 0.05) is 6.20 Å². The minimum Gasteiger partial charge on any atom is -0.298 e. The first-order chi connectivity index (χ1) is 10.0. The van der Waals surface area contributed by atoms with E-state index in [0.717, 1.165) is 27.4 Å². The van der Waals surface area contributed by atoms with E-state index in [-0.39, 0.29) is 5.91 Å². The number of rotatable bonds is 2. The van der Waals surface area contributed by atoms with Gasteiger partial charge in [0.1, 0.15) is 0 Å².